The van der Waals surface area contributed by atoms with Gasteiger partial charge in [-0.3, -0.25) is 14.6 Å². The van der Waals surface area contributed by atoms with Crippen LogP contribution in [-0.2, 0) is 37.4 Å². The van der Waals surface area contributed by atoms with Gasteiger partial charge in [0, 0.05) is 38.3 Å². The van der Waals surface area contributed by atoms with Crippen LogP contribution in [0.1, 0.15) is 41.0 Å². The van der Waals surface area contributed by atoms with E-state index in [4.69, 9.17) is 4.52 Å². The molecule has 0 radical (unpaired) electrons. The van der Waals surface area contributed by atoms with Crippen LogP contribution in [0.15, 0.2) is 83.4 Å². The van der Waals surface area contributed by atoms with Crippen molar-refractivity contribution in [2.75, 3.05) is 19.6 Å². The lowest BCUT2D eigenvalue weighted by Crippen LogP contribution is -2.42. The third kappa shape index (κ3) is 6.44. The number of amides is 1. The number of aromatic nitrogens is 2. The van der Waals surface area contributed by atoms with E-state index in [1.165, 1.54) is 16.7 Å². The number of nitrogens with zero attached hydrogens (tertiary/aromatic N) is 4. The zero-order valence-electron chi connectivity index (χ0n) is 22.3. The predicted octanol–water partition coefficient (Wildman–Crippen LogP) is 4.82. The molecule has 1 saturated heterocycles. The van der Waals surface area contributed by atoms with Crippen LogP contribution < -0.4 is 5.32 Å². The first-order valence-electron chi connectivity index (χ1n) is 13.9. The SMILES string of the molecule is O=C(NCc1cccc(CN2CCc3ccccc3C2)c1)C1CCCN(Cc2nc(-c3ccccc3)no2)C1. The summed E-state index contributed by atoms with van der Waals surface area (Å²) in [5.41, 5.74) is 6.28. The number of rotatable bonds is 8. The molecule has 39 heavy (non-hydrogen) atoms. The monoisotopic (exact) mass is 521 g/mol. The fourth-order valence-corrected chi connectivity index (χ4v) is 5.75. The summed E-state index contributed by atoms with van der Waals surface area (Å²) < 4.78 is 5.50. The molecule has 2 aliphatic rings. The third-order valence-electron chi connectivity index (χ3n) is 7.81. The summed E-state index contributed by atoms with van der Waals surface area (Å²) in [6.07, 6.45) is 2.98. The first-order chi connectivity index (χ1) is 19.2. The van der Waals surface area contributed by atoms with Gasteiger partial charge in [0.05, 0.1) is 12.5 Å². The van der Waals surface area contributed by atoms with Gasteiger partial charge in [0.25, 0.3) is 0 Å². The summed E-state index contributed by atoms with van der Waals surface area (Å²) in [5.74, 6) is 1.27. The maximum absolute atomic E-state index is 13.1. The summed E-state index contributed by atoms with van der Waals surface area (Å²) in [7, 11) is 0. The molecule has 1 aromatic heterocycles. The van der Waals surface area contributed by atoms with Gasteiger partial charge < -0.3 is 9.84 Å². The van der Waals surface area contributed by atoms with E-state index in [1.807, 2.05) is 30.3 Å². The Hall–Kier alpha value is -3.81. The van der Waals surface area contributed by atoms with Gasteiger partial charge in [-0.25, -0.2) is 0 Å². The summed E-state index contributed by atoms with van der Waals surface area (Å²) in [6, 6.07) is 27.2. The molecular formula is C32H35N5O2. The van der Waals surface area contributed by atoms with Gasteiger partial charge in [-0.15, -0.1) is 0 Å². The number of carbonyl (C=O) groups is 1. The van der Waals surface area contributed by atoms with Crippen LogP contribution in [0.5, 0.6) is 0 Å². The fourth-order valence-electron chi connectivity index (χ4n) is 5.75. The third-order valence-corrected chi connectivity index (χ3v) is 7.81. The average Bonchev–Trinajstić information content (AvgIpc) is 3.45. The number of piperidine rings is 1. The fraction of sp³-hybridized carbons (Fsp3) is 0.344. The zero-order valence-corrected chi connectivity index (χ0v) is 22.3. The summed E-state index contributed by atoms with van der Waals surface area (Å²) in [4.78, 5) is 22.4. The lowest BCUT2D eigenvalue weighted by molar-refractivity contribution is -0.127. The first-order valence-corrected chi connectivity index (χ1v) is 13.9. The van der Waals surface area contributed by atoms with E-state index in [0.29, 0.717) is 31.3 Å². The smallest absolute Gasteiger partial charge is 0.241 e. The van der Waals surface area contributed by atoms with Gasteiger partial charge in [-0.05, 0) is 48.1 Å². The minimum Gasteiger partial charge on any atom is -0.352 e. The minimum absolute atomic E-state index is 0.0353. The van der Waals surface area contributed by atoms with E-state index in [2.05, 4.69) is 73.8 Å². The molecule has 6 rings (SSSR count). The Bertz CT molecular complexity index is 1400. The highest BCUT2D eigenvalue weighted by Gasteiger charge is 2.27. The number of benzene rings is 3. The van der Waals surface area contributed by atoms with Crippen molar-refractivity contribution in [3.8, 4) is 11.4 Å². The zero-order chi connectivity index (χ0) is 26.4. The Morgan fingerprint density at radius 3 is 2.62 bits per heavy atom. The maximum atomic E-state index is 13.1. The van der Waals surface area contributed by atoms with E-state index in [9.17, 15) is 4.79 Å². The molecule has 0 saturated carbocycles. The van der Waals surface area contributed by atoms with Crippen LogP contribution in [0.2, 0.25) is 0 Å². The number of carbonyl (C=O) groups excluding carboxylic acids is 1. The topological polar surface area (TPSA) is 74.5 Å². The second kappa shape index (κ2) is 11.9. The first kappa shape index (κ1) is 25.5. The van der Waals surface area contributed by atoms with Crippen LogP contribution in [0, 0.1) is 5.92 Å². The molecule has 200 valence electrons. The van der Waals surface area contributed by atoms with Gasteiger partial charge in [-0.2, -0.15) is 4.98 Å². The van der Waals surface area contributed by atoms with Crippen molar-refractivity contribution in [1.82, 2.24) is 25.3 Å². The van der Waals surface area contributed by atoms with Crippen molar-refractivity contribution < 1.29 is 9.32 Å². The molecule has 0 aliphatic carbocycles. The predicted molar refractivity (Wildman–Crippen MR) is 150 cm³/mol. The van der Waals surface area contributed by atoms with E-state index in [1.54, 1.807) is 0 Å². The van der Waals surface area contributed by atoms with Gasteiger partial charge in [0.15, 0.2) is 0 Å². The summed E-state index contributed by atoms with van der Waals surface area (Å²) in [5, 5.41) is 7.32. The lowest BCUT2D eigenvalue weighted by atomic mass is 9.97. The number of likely N-dealkylation sites (tertiary alicyclic amines) is 1. The average molecular weight is 522 g/mol. The highest BCUT2D eigenvalue weighted by Crippen LogP contribution is 2.22. The van der Waals surface area contributed by atoms with Crippen LogP contribution >= 0.6 is 0 Å². The number of hydrogen-bond donors (Lipinski definition) is 1. The van der Waals surface area contributed by atoms with Crippen molar-refractivity contribution in [1.29, 1.82) is 0 Å². The van der Waals surface area contributed by atoms with Crippen molar-refractivity contribution in [2.24, 2.45) is 5.92 Å². The molecule has 0 spiro atoms. The Kier molecular flexibility index (Phi) is 7.79. The van der Waals surface area contributed by atoms with Gasteiger partial charge in [0.2, 0.25) is 17.6 Å². The molecular weight excluding hydrogens is 486 g/mol. The number of nitrogens with one attached hydrogen (secondary N) is 1. The van der Waals surface area contributed by atoms with Crippen LogP contribution in [0.25, 0.3) is 11.4 Å². The van der Waals surface area contributed by atoms with E-state index < -0.39 is 0 Å². The Morgan fingerprint density at radius 2 is 1.72 bits per heavy atom. The second-order valence-electron chi connectivity index (χ2n) is 10.7. The molecule has 1 fully saturated rings. The van der Waals surface area contributed by atoms with E-state index >= 15 is 0 Å². The van der Waals surface area contributed by atoms with Crippen LogP contribution in [0.3, 0.4) is 0 Å². The van der Waals surface area contributed by atoms with Crippen molar-refractivity contribution >= 4 is 5.91 Å². The normalized spacial score (nSPS) is 18.0. The van der Waals surface area contributed by atoms with Gasteiger partial charge in [-0.1, -0.05) is 84.0 Å². The van der Waals surface area contributed by atoms with E-state index in [-0.39, 0.29) is 11.8 Å². The summed E-state index contributed by atoms with van der Waals surface area (Å²) >= 11 is 0. The molecule has 2 aliphatic heterocycles. The van der Waals surface area contributed by atoms with Crippen molar-refractivity contribution in [2.45, 2.75) is 45.4 Å². The maximum Gasteiger partial charge on any atom is 0.241 e. The molecule has 4 aromatic rings. The van der Waals surface area contributed by atoms with Crippen LogP contribution in [0.4, 0.5) is 0 Å². The van der Waals surface area contributed by atoms with Gasteiger partial charge >= 0.3 is 0 Å². The number of hydrogen-bond acceptors (Lipinski definition) is 6. The highest BCUT2D eigenvalue weighted by molar-refractivity contribution is 5.79. The number of fused-ring (bicyclic) bond motifs is 1. The molecule has 1 atom stereocenters. The molecule has 1 unspecified atom stereocenters. The highest BCUT2D eigenvalue weighted by atomic mass is 16.5. The quantitative estimate of drug-likeness (QED) is 0.358. The standard InChI is InChI=1S/C32H35N5O2/c38-32(29-14-7-16-36(22-29)23-30-34-31(35-39-30)27-11-2-1-3-12-27)33-19-24-8-6-9-25(18-24)20-37-17-15-26-10-4-5-13-28(26)21-37/h1-6,8-13,18,29H,7,14-17,19-23H2,(H,33,38). The molecule has 0 bridgehead atoms. The largest absolute Gasteiger partial charge is 0.352 e. The Labute approximate surface area is 229 Å². The van der Waals surface area contributed by atoms with E-state index in [0.717, 1.165) is 56.6 Å². The molecule has 3 heterocycles. The van der Waals surface area contributed by atoms with Crippen molar-refractivity contribution in [3.05, 3.63) is 107 Å². The Balaban J connectivity index is 0.995. The molecule has 1 amide bonds. The van der Waals surface area contributed by atoms with Gasteiger partial charge in [0.1, 0.15) is 0 Å². The molecule has 7 heteroatoms. The lowest BCUT2D eigenvalue weighted by Gasteiger charge is -2.31. The summed E-state index contributed by atoms with van der Waals surface area (Å²) in [6.45, 7) is 5.74. The van der Waals surface area contributed by atoms with Crippen molar-refractivity contribution in [3.63, 3.8) is 0 Å². The minimum atomic E-state index is -0.0353. The Morgan fingerprint density at radius 1 is 0.897 bits per heavy atom. The van der Waals surface area contributed by atoms with Crippen LogP contribution in [-0.4, -0.2) is 45.5 Å². The molecule has 7 nitrogen and oxygen atoms in total. The molecule has 3 aromatic carbocycles. The second-order valence-corrected chi connectivity index (χ2v) is 10.7. The molecule has 1 N–H and O–H groups in total.